The lowest BCUT2D eigenvalue weighted by Crippen LogP contribution is -2.48. The van der Waals surface area contributed by atoms with Gasteiger partial charge in [0.2, 0.25) is 15.9 Å². The highest BCUT2D eigenvalue weighted by atomic mass is 32.2. The predicted molar refractivity (Wildman–Crippen MR) is 106 cm³/mol. The summed E-state index contributed by atoms with van der Waals surface area (Å²) in [6.45, 7) is 5.94. The molecule has 1 N–H and O–H groups in total. The van der Waals surface area contributed by atoms with Crippen LogP contribution in [0.5, 0.6) is 0 Å². The van der Waals surface area contributed by atoms with Crippen molar-refractivity contribution in [3.63, 3.8) is 0 Å². The standard InChI is InChI=1S/C20H26N2O3S/c1-15-10-11-19(14-16(15)2)22(26(4,24)25)17(3)20(23)21-13-12-18-8-6-5-7-9-18/h5-11,14,17H,12-13H2,1-4H3,(H,21,23)/t17-/m0/s1. The number of nitrogens with one attached hydrogen (secondary N) is 1. The van der Waals surface area contributed by atoms with Gasteiger partial charge in [0.05, 0.1) is 11.9 Å². The Balaban J connectivity index is 2.12. The van der Waals surface area contributed by atoms with Crippen molar-refractivity contribution in [3.05, 3.63) is 65.2 Å². The van der Waals surface area contributed by atoms with Crippen LogP contribution >= 0.6 is 0 Å². The van der Waals surface area contributed by atoms with E-state index in [1.54, 1.807) is 19.1 Å². The van der Waals surface area contributed by atoms with E-state index in [4.69, 9.17) is 0 Å². The molecule has 1 atom stereocenters. The lowest BCUT2D eigenvalue weighted by Gasteiger charge is -2.28. The topological polar surface area (TPSA) is 66.5 Å². The minimum Gasteiger partial charge on any atom is -0.354 e. The Hall–Kier alpha value is -2.34. The maximum Gasteiger partial charge on any atom is 0.243 e. The quantitative estimate of drug-likeness (QED) is 0.810. The number of nitrogens with zero attached hydrogens (tertiary/aromatic N) is 1. The number of carbonyl (C=O) groups is 1. The second-order valence-electron chi connectivity index (χ2n) is 6.53. The van der Waals surface area contributed by atoms with Crippen LogP contribution in [0, 0.1) is 13.8 Å². The van der Waals surface area contributed by atoms with Gasteiger partial charge in [-0.1, -0.05) is 36.4 Å². The van der Waals surface area contributed by atoms with E-state index < -0.39 is 16.1 Å². The molecule has 0 aliphatic heterocycles. The van der Waals surface area contributed by atoms with Crippen molar-refractivity contribution in [1.82, 2.24) is 5.32 Å². The number of carbonyl (C=O) groups excluding carboxylic acids is 1. The molecule has 0 radical (unpaired) electrons. The Bertz CT molecular complexity index is 864. The molecule has 2 aromatic carbocycles. The van der Waals surface area contributed by atoms with E-state index in [1.165, 1.54) is 4.31 Å². The van der Waals surface area contributed by atoms with E-state index >= 15 is 0 Å². The van der Waals surface area contributed by atoms with Crippen LogP contribution < -0.4 is 9.62 Å². The number of hydrogen-bond acceptors (Lipinski definition) is 3. The molecular weight excluding hydrogens is 348 g/mol. The number of sulfonamides is 1. The average molecular weight is 375 g/mol. The van der Waals surface area contributed by atoms with Crippen molar-refractivity contribution >= 4 is 21.6 Å². The van der Waals surface area contributed by atoms with Crippen LogP contribution in [-0.2, 0) is 21.2 Å². The molecule has 0 aliphatic carbocycles. The second-order valence-corrected chi connectivity index (χ2v) is 8.39. The minimum absolute atomic E-state index is 0.315. The molecule has 0 aliphatic rings. The summed E-state index contributed by atoms with van der Waals surface area (Å²) in [6, 6.07) is 14.4. The van der Waals surface area contributed by atoms with Gasteiger partial charge in [-0.3, -0.25) is 9.10 Å². The van der Waals surface area contributed by atoms with Gasteiger partial charge in [-0.05, 0) is 56.0 Å². The van der Waals surface area contributed by atoms with Crippen LogP contribution in [0.4, 0.5) is 5.69 Å². The molecule has 0 saturated carbocycles. The Morgan fingerprint density at radius 3 is 2.31 bits per heavy atom. The molecule has 0 unspecified atom stereocenters. The Labute approximate surface area is 156 Å². The number of hydrogen-bond donors (Lipinski definition) is 1. The Kier molecular flexibility index (Phi) is 6.42. The molecular formula is C20H26N2O3S. The lowest BCUT2D eigenvalue weighted by molar-refractivity contribution is -0.121. The third kappa shape index (κ3) is 5.08. The van der Waals surface area contributed by atoms with Crippen molar-refractivity contribution in [2.75, 3.05) is 17.1 Å². The molecule has 26 heavy (non-hydrogen) atoms. The molecule has 0 bridgehead atoms. The van der Waals surface area contributed by atoms with Gasteiger partial charge < -0.3 is 5.32 Å². The molecule has 0 fully saturated rings. The van der Waals surface area contributed by atoms with E-state index in [0.29, 0.717) is 18.7 Å². The number of rotatable bonds is 7. The second kappa shape index (κ2) is 8.36. The zero-order chi connectivity index (χ0) is 19.3. The van der Waals surface area contributed by atoms with Crippen LogP contribution in [0.15, 0.2) is 48.5 Å². The number of benzene rings is 2. The summed E-state index contributed by atoms with van der Waals surface area (Å²) >= 11 is 0. The number of amides is 1. The van der Waals surface area contributed by atoms with Gasteiger partial charge in [0.1, 0.15) is 6.04 Å². The normalized spacial score (nSPS) is 12.5. The van der Waals surface area contributed by atoms with Gasteiger partial charge in [-0.25, -0.2) is 8.42 Å². The van der Waals surface area contributed by atoms with Crippen molar-refractivity contribution < 1.29 is 13.2 Å². The Morgan fingerprint density at radius 2 is 1.73 bits per heavy atom. The molecule has 2 aromatic rings. The monoisotopic (exact) mass is 374 g/mol. The van der Waals surface area contributed by atoms with E-state index in [0.717, 1.165) is 22.9 Å². The van der Waals surface area contributed by atoms with Crippen LogP contribution in [0.2, 0.25) is 0 Å². The highest BCUT2D eigenvalue weighted by molar-refractivity contribution is 7.92. The summed E-state index contributed by atoms with van der Waals surface area (Å²) in [5, 5.41) is 2.83. The van der Waals surface area contributed by atoms with E-state index in [9.17, 15) is 13.2 Å². The summed E-state index contributed by atoms with van der Waals surface area (Å²) in [6.07, 6.45) is 1.82. The van der Waals surface area contributed by atoms with E-state index in [2.05, 4.69) is 5.32 Å². The number of aryl methyl sites for hydroxylation is 2. The highest BCUT2D eigenvalue weighted by Crippen LogP contribution is 2.23. The molecule has 0 heterocycles. The van der Waals surface area contributed by atoms with Crippen LogP contribution in [0.3, 0.4) is 0 Å². The largest absolute Gasteiger partial charge is 0.354 e. The molecule has 0 saturated heterocycles. The fraction of sp³-hybridized carbons (Fsp3) is 0.350. The van der Waals surface area contributed by atoms with Gasteiger partial charge in [0.15, 0.2) is 0 Å². The van der Waals surface area contributed by atoms with Gasteiger partial charge in [-0.2, -0.15) is 0 Å². The summed E-state index contributed by atoms with van der Waals surface area (Å²) in [4.78, 5) is 12.5. The average Bonchev–Trinajstić information content (AvgIpc) is 2.58. The van der Waals surface area contributed by atoms with Crippen molar-refractivity contribution in [2.45, 2.75) is 33.2 Å². The molecule has 0 spiro atoms. The molecule has 2 rings (SSSR count). The fourth-order valence-electron chi connectivity index (χ4n) is 2.79. The summed E-state index contributed by atoms with van der Waals surface area (Å²) < 4.78 is 25.8. The molecule has 5 nitrogen and oxygen atoms in total. The first-order chi connectivity index (χ1) is 12.2. The maximum absolute atomic E-state index is 12.5. The van der Waals surface area contributed by atoms with E-state index in [-0.39, 0.29) is 5.91 Å². The van der Waals surface area contributed by atoms with Gasteiger partial charge in [0, 0.05) is 6.54 Å². The van der Waals surface area contributed by atoms with Crippen molar-refractivity contribution in [2.24, 2.45) is 0 Å². The summed E-state index contributed by atoms with van der Waals surface area (Å²) in [7, 11) is -3.60. The zero-order valence-electron chi connectivity index (χ0n) is 15.7. The minimum atomic E-state index is -3.60. The van der Waals surface area contributed by atoms with Gasteiger partial charge in [0.25, 0.3) is 0 Å². The number of anilines is 1. The third-order valence-electron chi connectivity index (χ3n) is 4.39. The van der Waals surface area contributed by atoms with Crippen LogP contribution in [0.1, 0.15) is 23.6 Å². The maximum atomic E-state index is 12.5. The Morgan fingerprint density at radius 1 is 1.08 bits per heavy atom. The van der Waals surface area contributed by atoms with Crippen LogP contribution in [-0.4, -0.2) is 33.2 Å². The SMILES string of the molecule is Cc1ccc(N([C@@H](C)C(=O)NCCc2ccccc2)S(C)(=O)=O)cc1C. The lowest BCUT2D eigenvalue weighted by atomic mass is 10.1. The first-order valence-electron chi connectivity index (χ1n) is 8.58. The third-order valence-corrected chi connectivity index (χ3v) is 5.63. The molecule has 1 amide bonds. The van der Waals surface area contributed by atoms with E-state index in [1.807, 2.05) is 50.2 Å². The molecule has 140 valence electrons. The fourth-order valence-corrected chi connectivity index (χ4v) is 3.96. The van der Waals surface area contributed by atoms with Crippen LogP contribution in [0.25, 0.3) is 0 Å². The highest BCUT2D eigenvalue weighted by Gasteiger charge is 2.29. The first-order valence-corrected chi connectivity index (χ1v) is 10.4. The van der Waals surface area contributed by atoms with Crippen molar-refractivity contribution in [1.29, 1.82) is 0 Å². The smallest absolute Gasteiger partial charge is 0.243 e. The molecule has 0 aromatic heterocycles. The summed E-state index contributed by atoms with van der Waals surface area (Å²) in [5.41, 5.74) is 3.67. The summed E-state index contributed by atoms with van der Waals surface area (Å²) in [5.74, 6) is -0.315. The van der Waals surface area contributed by atoms with Gasteiger partial charge >= 0.3 is 0 Å². The van der Waals surface area contributed by atoms with Gasteiger partial charge in [-0.15, -0.1) is 0 Å². The molecule has 6 heteroatoms. The predicted octanol–water partition coefficient (Wildman–Crippen LogP) is 2.82. The first kappa shape index (κ1) is 20.0. The van der Waals surface area contributed by atoms with Crippen molar-refractivity contribution in [3.8, 4) is 0 Å². The zero-order valence-corrected chi connectivity index (χ0v) is 16.5.